The molecule has 106 valence electrons. The van der Waals surface area contributed by atoms with Crippen LogP contribution < -0.4 is 5.73 Å². The predicted molar refractivity (Wildman–Crippen MR) is 87.2 cm³/mol. The van der Waals surface area contributed by atoms with Crippen LogP contribution in [0.3, 0.4) is 0 Å². The average Bonchev–Trinajstić information content (AvgIpc) is 2.88. The highest BCUT2D eigenvalue weighted by Gasteiger charge is 2.14. The SMILES string of the molecule is Nc1cc(-n2cc(Cl)cn2)nc(-c2cncc(Br)n2)c1Br. The molecule has 0 fully saturated rings. The first-order valence-electron chi connectivity index (χ1n) is 5.69. The van der Waals surface area contributed by atoms with Gasteiger partial charge >= 0.3 is 0 Å². The first-order valence-corrected chi connectivity index (χ1v) is 7.65. The number of hydrogen-bond acceptors (Lipinski definition) is 5. The van der Waals surface area contributed by atoms with Crippen molar-refractivity contribution < 1.29 is 0 Å². The van der Waals surface area contributed by atoms with E-state index >= 15 is 0 Å². The molecular formula is C12H7Br2ClN6. The fourth-order valence-electron chi connectivity index (χ4n) is 1.70. The molecule has 0 spiro atoms. The minimum Gasteiger partial charge on any atom is -0.398 e. The third-order valence-electron chi connectivity index (χ3n) is 2.61. The molecule has 0 aliphatic heterocycles. The number of nitrogen functional groups attached to an aromatic ring is 1. The van der Waals surface area contributed by atoms with Crippen LogP contribution in [0.4, 0.5) is 5.69 Å². The van der Waals surface area contributed by atoms with Crippen molar-refractivity contribution in [2.24, 2.45) is 0 Å². The first-order chi connectivity index (χ1) is 10.0. The van der Waals surface area contributed by atoms with Crippen molar-refractivity contribution in [3.8, 4) is 17.2 Å². The highest BCUT2D eigenvalue weighted by atomic mass is 79.9. The number of anilines is 1. The Morgan fingerprint density at radius 3 is 2.62 bits per heavy atom. The number of pyridine rings is 1. The summed E-state index contributed by atoms with van der Waals surface area (Å²) in [4.78, 5) is 12.9. The Kier molecular flexibility index (Phi) is 3.92. The van der Waals surface area contributed by atoms with Crippen LogP contribution >= 0.6 is 43.5 Å². The van der Waals surface area contributed by atoms with E-state index in [4.69, 9.17) is 17.3 Å². The van der Waals surface area contributed by atoms with Gasteiger partial charge in [0.25, 0.3) is 0 Å². The number of hydrogen-bond donors (Lipinski definition) is 1. The van der Waals surface area contributed by atoms with Crippen molar-refractivity contribution in [3.63, 3.8) is 0 Å². The molecule has 0 aliphatic carbocycles. The second-order valence-corrected chi connectivity index (χ2v) is 6.10. The summed E-state index contributed by atoms with van der Waals surface area (Å²) in [5, 5.41) is 4.63. The fraction of sp³-hybridized carbons (Fsp3) is 0. The first kappa shape index (κ1) is 14.4. The number of nitrogens with two attached hydrogens (primary N) is 1. The van der Waals surface area contributed by atoms with Crippen LogP contribution in [0.2, 0.25) is 5.02 Å². The molecule has 9 heteroatoms. The second kappa shape index (κ2) is 5.70. The van der Waals surface area contributed by atoms with E-state index in [1.807, 2.05) is 0 Å². The molecule has 0 atom stereocenters. The molecule has 2 N–H and O–H groups in total. The van der Waals surface area contributed by atoms with Crippen molar-refractivity contribution in [1.29, 1.82) is 0 Å². The zero-order chi connectivity index (χ0) is 15.0. The Bertz CT molecular complexity index is 819. The number of rotatable bonds is 2. The van der Waals surface area contributed by atoms with Gasteiger partial charge in [0.1, 0.15) is 16.0 Å². The number of aromatic nitrogens is 5. The third kappa shape index (κ3) is 2.92. The predicted octanol–water partition coefficient (Wildman–Crippen LogP) is 3.48. The zero-order valence-electron chi connectivity index (χ0n) is 10.3. The fourth-order valence-corrected chi connectivity index (χ4v) is 2.56. The molecule has 0 amide bonds. The smallest absolute Gasteiger partial charge is 0.156 e. The Labute approximate surface area is 141 Å². The molecule has 0 bridgehead atoms. The molecule has 0 aliphatic rings. The summed E-state index contributed by atoms with van der Waals surface area (Å²) in [6, 6.07) is 1.70. The van der Waals surface area contributed by atoms with E-state index in [9.17, 15) is 0 Å². The van der Waals surface area contributed by atoms with E-state index in [-0.39, 0.29) is 0 Å². The molecule has 0 saturated carbocycles. The van der Waals surface area contributed by atoms with Gasteiger partial charge in [0, 0.05) is 6.07 Å². The van der Waals surface area contributed by atoms with Crippen LogP contribution in [-0.4, -0.2) is 24.7 Å². The molecule has 0 saturated heterocycles. The Morgan fingerprint density at radius 1 is 1.14 bits per heavy atom. The van der Waals surface area contributed by atoms with Gasteiger partial charge in [-0.05, 0) is 31.9 Å². The molecule has 3 rings (SSSR count). The molecule has 0 aromatic carbocycles. The Morgan fingerprint density at radius 2 is 1.95 bits per heavy atom. The van der Waals surface area contributed by atoms with E-state index in [2.05, 4.69) is 51.9 Å². The molecule has 3 aromatic heterocycles. The summed E-state index contributed by atoms with van der Waals surface area (Å²) >= 11 is 12.6. The van der Waals surface area contributed by atoms with Crippen molar-refractivity contribution in [3.05, 3.63) is 45.0 Å². The Hall–Kier alpha value is -1.51. The van der Waals surface area contributed by atoms with Gasteiger partial charge in [-0.3, -0.25) is 4.98 Å². The third-order valence-corrected chi connectivity index (χ3v) is 4.02. The summed E-state index contributed by atoms with van der Waals surface area (Å²) in [6.45, 7) is 0. The summed E-state index contributed by atoms with van der Waals surface area (Å²) in [5.74, 6) is 0.541. The van der Waals surface area contributed by atoms with Crippen LogP contribution in [0.15, 0.2) is 39.9 Å². The van der Waals surface area contributed by atoms with Gasteiger partial charge in [-0.2, -0.15) is 5.10 Å². The van der Waals surface area contributed by atoms with Gasteiger partial charge in [0.2, 0.25) is 0 Å². The van der Waals surface area contributed by atoms with E-state index in [0.29, 0.717) is 37.0 Å². The lowest BCUT2D eigenvalue weighted by molar-refractivity contribution is 0.847. The summed E-state index contributed by atoms with van der Waals surface area (Å²) in [5.41, 5.74) is 7.70. The number of nitrogens with zero attached hydrogens (tertiary/aromatic N) is 5. The van der Waals surface area contributed by atoms with Crippen LogP contribution in [0.1, 0.15) is 0 Å². The molecule has 3 heterocycles. The van der Waals surface area contributed by atoms with Crippen molar-refractivity contribution in [2.45, 2.75) is 0 Å². The van der Waals surface area contributed by atoms with E-state index in [0.717, 1.165) is 0 Å². The molecule has 6 nitrogen and oxygen atoms in total. The highest BCUT2D eigenvalue weighted by Crippen LogP contribution is 2.31. The van der Waals surface area contributed by atoms with Gasteiger partial charge in [-0.25, -0.2) is 14.6 Å². The largest absolute Gasteiger partial charge is 0.398 e. The highest BCUT2D eigenvalue weighted by molar-refractivity contribution is 9.11. The monoisotopic (exact) mass is 428 g/mol. The number of halogens is 3. The summed E-state index contributed by atoms with van der Waals surface area (Å²) in [7, 11) is 0. The molecule has 3 aromatic rings. The maximum Gasteiger partial charge on any atom is 0.156 e. The molecular weight excluding hydrogens is 423 g/mol. The molecule has 0 unspecified atom stereocenters. The van der Waals surface area contributed by atoms with Crippen molar-refractivity contribution in [1.82, 2.24) is 24.7 Å². The quantitative estimate of drug-likeness (QED) is 0.673. The second-order valence-electron chi connectivity index (χ2n) is 4.06. The van der Waals surface area contributed by atoms with Gasteiger partial charge < -0.3 is 5.73 Å². The lowest BCUT2D eigenvalue weighted by atomic mass is 10.2. The van der Waals surface area contributed by atoms with Crippen molar-refractivity contribution >= 4 is 49.1 Å². The normalized spacial score (nSPS) is 10.8. The molecule has 0 radical (unpaired) electrons. The lowest BCUT2D eigenvalue weighted by Crippen LogP contribution is -2.03. The van der Waals surface area contributed by atoms with Gasteiger partial charge in [0.05, 0.1) is 40.0 Å². The van der Waals surface area contributed by atoms with Crippen LogP contribution in [0, 0.1) is 0 Å². The maximum atomic E-state index is 6.02. The van der Waals surface area contributed by atoms with E-state index in [1.54, 1.807) is 29.3 Å². The van der Waals surface area contributed by atoms with Crippen LogP contribution in [0.5, 0.6) is 0 Å². The lowest BCUT2D eigenvalue weighted by Gasteiger charge is -2.09. The van der Waals surface area contributed by atoms with Crippen LogP contribution in [0.25, 0.3) is 17.2 Å². The topological polar surface area (TPSA) is 82.5 Å². The Balaban J connectivity index is 2.19. The van der Waals surface area contributed by atoms with E-state index < -0.39 is 0 Å². The summed E-state index contributed by atoms with van der Waals surface area (Å²) in [6.07, 6.45) is 6.38. The van der Waals surface area contributed by atoms with Gasteiger partial charge in [-0.1, -0.05) is 11.6 Å². The molecule has 21 heavy (non-hydrogen) atoms. The van der Waals surface area contributed by atoms with Crippen LogP contribution in [-0.2, 0) is 0 Å². The van der Waals surface area contributed by atoms with Gasteiger partial charge in [-0.15, -0.1) is 0 Å². The van der Waals surface area contributed by atoms with Gasteiger partial charge in [0.15, 0.2) is 5.82 Å². The minimum atomic E-state index is 0.516. The minimum absolute atomic E-state index is 0.516. The average molecular weight is 430 g/mol. The van der Waals surface area contributed by atoms with Crippen molar-refractivity contribution in [2.75, 3.05) is 5.73 Å². The zero-order valence-corrected chi connectivity index (χ0v) is 14.3. The maximum absolute atomic E-state index is 6.02. The standard InChI is InChI=1S/C12H7Br2ClN6/c13-9-4-17-3-8(19-9)12-11(14)7(16)1-10(20-12)21-5-6(15)2-18-21/h1-5H,(H2,16,20). The van der Waals surface area contributed by atoms with E-state index in [1.165, 1.54) is 6.20 Å². The summed E-state index contributed by atoms with van der Waals surface area (Å²) < 4.78 is 2.80.